The monoisotopic (exact) mass is 424 g/mol. The average molecular weight is 424 g/mol. The first-order valence-electron chi connectivity index (χ1n) is 11.0. The van der Waals surface area contributed by atoms with E-state index in [4.69, 9.17) is 9.47 Å². The number of hydrogen-bond donors (Lipinski definition) is 4. The van der Waals surface area contributed by atoms with Gasteiger partial charge in [0.25, 0.3) is 0 Å². The Morgan fingerprint density at radius 3 is 2.53 bits per heavy atom. The topological polar surface area (TPSA) is 134 Å². The summed E-state index contributed by atoms with van der Waals surface area (Å²) in [6.45, 7) is 5.02. The standard InChI is InChI=1S/C22H32O8/c1-10(24)30-14-6-7-19(2,3)15-18(27)22(28)21-13(20(14,15)9-29-22)5-4-11(16(21)25)12(8-23)17(21)26/h11-16,18,23,25,27-28H,4-9H2,1-3H3/t11-,12-,13-,14-,15+,16+,18-,20+,21+,22+/m0/s1. The van der Waals surface area contributed by atoms with E-state index < -0.39 is 82.4 Å². The van der Waals surface area contributed by atoms with Gasteiger partial charge in [0, 0.05) is 24.2 Å². The molecule has 168 valence electrons. The van der Waals surface area contributed by atoms with Crippen LogP contribution in [0.4, 0.5) is 0 Å². The number of ether oxygens (including phenoxy) is 2. The molecule has 8 nitrogen and oxygen atoms in total. The summed E-state index contributed by atoms with van der Waals surface area (Å²) in [4.78, 5) is 25.7. The molecule has 6 rings (SSSR count). The molecule has 0 aromatic heterocycles. The number of fused-ring (bicyclic) bond motifs is 2. The molecule has 30 heavy (non-hydrogen) atoms. The summed E-state index contributed by atoms with van der Waals surface area (Å²) in [5, 5.41) is 44.6. The third kappa shape index (κ3) is 1.97. The number of carbonyl (C=O) groups is 2. The van der Waals surface area contributed by atoms with Gasteiger partial charge in [-0.15, -0.1) is 0 Å². The van der Waals surface area contributed by atoms with E-state index in [0.29, 0.717) is 25.7 Å². The largest absolute Gasteiger partial charge is 0.462 e. The fraction of sp³-hybridized carbons (Fsp3) is 0.909. The molecule has 6 fully saturated rings. The molecule has 2 aliphatic heterocycles. The van der Waals surface area contributed by atoms with Crippen molar-refractivity contribution < 1.29 is 39.5 Å². The highest BCUT2D eigenvalue weighted by Gasteiger charge is 2.87. The Hall–Kier alpha value is -1.06. The fourth-order valence-corrected chi connectivity index (χ4v) is 8.66. The maximum absolute atomic E-state index is 13.7. The smallest absolute Gasteiger partial charge is 0.302 e. The molecule has 6 aliphatic rings. The third-order valence-electron chi connectivity index (χ3n) is 9.55. The molecule has 0 aromatic carbocycles. The minimum absolute atomic E-state index is 0.0491. The molecule has 2 heterocycles. The molecule has 0 unspecified atom stereocenters. The van der Waals surface area contributed by atoms with E-state index in [1.807, 2.05) is 13.8 Å². The number of ketones is 1. The fourth-order valence-electron chi connectivity index (χ4n) is 8.66. The van der Waals surface area contributed by atoms with Crippen LogP contribution in [0, 0.1) is 39.9 Å². The van der Waals surface area contributed by atoms with Crippen molar-refractivity contribution in [2.45, 2.75) is 70.6 Å². The van der Waals surface area contributed by atoms with Crippen molar-refractivity contribution in [1.29, 1.82) is 0 Å². The van der Waals surface area contributed by atoms with Gasteiger partial charge in [-0.2, -0.15) is 0 Å². The SMILES string of the molecule is CC(=O)O[C@H]1CCC(C)(C)[C@H]2[C@H](O)[C@@]3(O)OC[C@@]12[C@@H]1CC[C@H]2[C@H](CO)C(=O)[C@]13[C@@H]2O. The third-order valence-corrected chi connectivity index (χ3v) is 9.55. The van der Waals surface area contributed by atoms with Crippen LogP contribution in [0.3, 0.4) is 0 Å². The quantitative estimate of drug-likeness (QED) is 0.455. The maximum atomic E-state index is 13.7. The van der Waals surface area contributed by atoms with Crippen molar-refractivity contribution in [3.8, 4) is 0 Å². The highest BCUT2D eigenvalue weighted by Crippen LogP contribution is 2.76. The first-order chi connectivity index (χ1) is 14.0. The van der Waals surface area contributed by atoms with Crippen LogP contribution < -0.4 is 0 Å². The molecular weight excluding hydrogens is 392 g/mol. The number of aliphatic hydroxyl groups is 4. The van der Waals surface area contributed by atoms with Gasteiger partial charge in [-0.3, -0.25) is 9.59 Å². The van der Waals surface area contributed by atoms with E-state index >= 15 is 0 Å². The number of Topliss-reactive ketones (excluding diaryl/α,β-unsaturated/α-hetero) is 1. The van der Waals surface area contributed by atoms with E-state index in [2.05, 4.69) is 0 Å². The Bertz CT molecular complexity index is 796. The molecule has 4 saturated carbocycles. The molecule has 4 bridgehead atoms. The average Bonchev–Trinajstić information content (AvgIpc) is 2.79. The first kappa shape index (κ1) is 20.8. The summed E-state index contributed by atoms with van der Waals surface area (Å²) in [6.07, 6.45) is -0.943. The number of carbonyl (C=O) groups excluding carboxylic acids is 2. The highest BCUT2D eigenvalue weighted by atomic mass is 16.6. The number of esters is 1. The molecule has 0 aromatic rings. The molecule has 8 heteroatoms. The molecule has 4 N–H and O–H groups in total. The van der Waals surface area contributed by atoms with Crippen LogP contribution in [0.5, 0.6) is 0 Å². The summed E-state index contributed by atoms with van der Waals surface area (Å²) in [6, 6.07) is 0. The zero-order valence-corrected chi connectivity index (χ0v) is 17.7. The van der Waals surface area contributed by atoms with E-state index in [1.165, 1.54) is 6.92 Å². The predicted octanol–water partition coefficient (Wildman–Crippen LogP) is -0.00130. The van der Waals surface area contributed by atoms with Crippen LogP contribution in [0.25, 0.3) is 0 Å². The summed E-state index contributed by atoms with van der Waals surface area (Å²) >= 11 is 0. The lowest BCUT2D eigenvalue weighted by molar-refractivity contribution is -0.458. The van der Waals surface area contributed by atoms with Crippen molar-refractivity contribution in [2.24, 2.45) is 39.9 Å². The first-order valence-corrected chi connectivity index (χ1v) is 11.0. The molecule has 2 spiro atoms. The highest BCUT2D eigenvalue weighted by molar-refractivity contribution is 5.93. The van der Waals surface area contributed by atoms with Gasteiger partial charge < -0.3 is 29.9 Å². The lowest BCUT2D eigenvalue weighted by Gasteiger charge is -2.74. The molecular formula is C22H32O8. The summed E-state index contributed by atoms with van der Waals surface area (Å²) in [5.41, 5.74) is -3.03. The Kier molecular flexibility index (Phi) is 4.19. The molecule has 4 aliphatic carbocycles. The lowest BCUT2D eigenvalue weighted by Crippen LogP contribution is -2.85. The Balaban J connectivity index is 1.77. The van der Waals surface area contributed by atoms with Gasteiger partial charge in [0.2, 0.25) is 5.79 Å². The normalized spacial score (nSPS) is 55.7. The van der Waals surface area contributed by atoms with Crippen LogP contribution in [-0.4, -0.2) is 69.5 Å². The van der Waals surface area contributed by atoms with Crippen molar-refractivity contribution in [3.63, 3.8) is 0 Å². The van der Waals surface area contributed by atoms with Crippen LogP contribution >= 0.6 is 0 Å². The van der Waals surface area contributed by atoms with Crippen molar-refractivity contribution in [3.05, 3.63) is 0 Å². The molecule has 0 radical (unpaired) electrons. The number of aliphatic hydroxyl groups excluding tert-OH is 3. The Morgan fingerprint density at radius 2 is 1.90 bits per heavy atom. The minimum Gasteiger partial charge on any atom is -0.462 e. The molecule has 2 saturated heterocycles. The zero-order chi connectivity index (χ0) is 21.9. The second-order valence-corrected chi connectivity index (χ2v) is 10.9. The second-order valence-electron chi connectivity index (χ2n) is 10.9. The summed E-state index contributed by atoms with van der Waals surface area (Å²) in [7, 11) is 0. The van der Waals surface area contributed by atoms with E-state index in [0.717, 1.165) is 0 Å². The lowest BCUT2D eigenvalue weighted by atomic mass is 9.35. The van der Waals surface area contributed by atoms with Gasteiger partial charge >= 0.3 is 5.97 Å². The molecule has 0 amide bonds. The van der Waals surface area contributed by atoms with Crippen molar-refractivity contribution in [1.82, 2.24) is 0 Å². The van der Waals surface area contributed by atoms with Gasteiger partial charge in [-0.05, 0) is 42.9 Å². The van der Waals surface area contributed by atoms with Gasteiger partial charge in [-0.1, -0.05) is 13.8 Å². The predicted molar refractivity (Wildman–Crippen MR) is 102 cm³/mol. The number of rotatable bonds is 2. The second kappa shape index (κ2) is 6.04. The van der Waals surface area contributed by atoms with Crippen LogP contribution in [0.15, 0.2) is 0 Å². The summed E-state index contributed by atoms with van der Waals surface area (Å²) < 4.78 is 11.7. The van der Waals surface area contributed by atoms with Gasteiger partial charge in [0.1, 0.15) is 17.6 Å². The van der Waals surface area contributed by atoms with Gasteiger partial charge in [-0.25, -0.2) is 0 Å². The van der Waals surface area contributed by atoms with Gasteiger partial charge in [0.05, 0.1) is 19.3 Å². The summed E-state index contributed by atoms with van der Waals surface area (Å²) in [5.74, 6) is -5.39. The van der Waals surface area contributed by atoms with E-state index in [9.17, 15) is 30.0 Å². The van der Waals surface area contributed by atoms with Crippen LogP contribution in [-0.2, 0) is 19.1 Å². The van der Waals surface area contributed by atoms with E-state index in [-0.39, 0.29) is 6.61 Å². The molecule has 10 atom stereocenters. The van der Waals surface area contributed by atoms with Crippen molar-refractivity contribution >= 4 is 11.8 Å². The Morgan fingerprint density at radius 1 is 1.20 bits per heavy atom. The van der Waals surface area contributed by atoms with Crippen LogP contribution in [0.1, 0.15) is 46.5 Å². The number of hydrogen-bond acceptors (Lipinski definition) is 8. The van der Waals surface area contributed by atoms with Crippen molar-refractivity contribution in [2.75, 3.05) is 13.2 Å². The van der Waals surface area contributed by atoms with Gasteiger partial charge in [0.15, 0.2) is 5.78 Å². The zero-order valence-electron chi connectivity index (χ0n) is 17.7. The Labute approximate surface area is 175 Å². The van der Waals surface area contributed by atoms with E-state index in [1.54, 1.807) is 0 Å². The van der Waals surface area contributed by atoms with Crippen LogP contribution in [0.2, 0.25) is 0 Å². The maximum Gasteiger partial charge on any atom is 0.302 e. The minimum atomic E-state index is -2.24.